The highest BCUT2D eigenvalue weighted by Gasteiger charge is 2.04. The SMILES string of the molecule is C=CC=C1CCCCN(C)CCC1. The molecular weight excluding hydrogens is 158 g/mol. The van der Waals surface area contributed by atoms with Crippen molar-refractivity contribution >= 4 is 0 Å². The zero-order valence-corrected chi connectivity index (χ0v) is 8.76. The van der Waals surface area contributed by atoms with Gasteiger partial charge in [-0.25, -0.2) is 0 Å². The van der Waals surface area contributed by atoms with Crippen molar-refractivity contribution < 1.29 is 0 Å². The lowest BCUT2D eigenvalue weighted by molar-refractivity contribution is 0.328. The van der Waals surface area contributed by atoms with Gasteiger partial charge in [-0.05, 0) is 52.2 Å². The third-order valence-corrected chi connectivity index (χ3v) is 2.68. The Morgan fingerprint density at radius 3 is 2.62 bits per heavy atom. The summed E-state index contributed by atoms with van der Waals surface area (Å²) in [6.07, 6.45) is 10.6. The van der Waals surface area contributed by atoms with E-state index in [4.69, 9.17) is 0 Å². The molecule has 1 rings (SSSR count). The average Bonchev–Trinajstić information content (AvgIpc) is 2.20. The minimum atomic E-state index is 1.24. The molecule has 0 aromatic heterocycles. The van der Waals surface area contributed by atoms with Crippen LogP contribution in [0.25, 0.3) is 0 Å². The van der Waals surface area contributed by atoms with Crippen LogP contribution in [0, 0.1) is 0 Å². The summed E-state index contributed by atoms with van der Waals surface area (Å²) in [5.41, 5.74) is 1.59. The van der Waals surface area contributed by atoms with Gasteiger partial charge in [-0.15, -0.1) is 0 Å². The van der Waals surface area contributed by atoms with Crippen LogP contribution < -0.4 is 0 Å². The third kappa shape index (κ3) is 4.28. The zero-order chi connectivity index (χ0) is 9.52. The fourth-order valence-corrected chi connectivity index (χ4v) is 1.88. The van der Waals surface area contributed by atoms with E-state index in [9.17, 15) is 0 Å². The number of rotatable bonds is 1. The number of nitrogens with zero attached hydrogens (tertiary/aromatic N) is 1. The zero-order valence-electron chi connectivity index (χ0n) is 8.76. The monoisotopic (exact) mass is 179 g/mol. The molecule has 0 aromatic carbocycles. The van der Waals surface area contributed by atoms with E-state index in [0.717, 1.165) is 0 Å². The lowest BCUT2D eigenvalue weighted by atomic mass is 10.0. The molecule has 0 saturated carbocycles. The molecule has 0 aliphatic carbocycles. The van der Waals surface area contributed by atoms with E-state index < -0.39 is 0 Å². The van der Waals surface area contributed by atoms with Crippen LogP contribution in [0.2, 0.25) is 0 Å². The predicted octanol–water partition coefficient (Wildman–Crippen LogP) is 2.99. The summed E-state index contributed by atoms with van der Waals surface area (Å²) in [5, 5.41) is 0. The Balaban J connectivity index is 2.43. The van der Waals surface area contributed by atoms with Crippen LogP contribution >= 0.6 is 0 Å². The first-order valence-corrected chi connectivity index (χ1v) is 5.32. The van der Waals surface area contributed by atoms with Crippen LogP contribution in [-0.2, 0) is 0 Å². The maximum absolute atomic E-state index is 3.76. The molecule has 0 spiro atoms. The summed E-state index contributed by atoms with van der Waals surface area (Å²) < 4.78 is 0. The Kier molecular flexibility index (Phi) is 4.84. The van der Waals surface area contributed by atoms with Crippen LogP contribution in [-0.4, -0.2) is 25.0 Å². The van der Waals surface area contributed by atoms with Crippen molar-refractivity contribution in [1.82, 2.24) is 4.90 Å². The lowest BCUT2D eigenvalue weighted by Crippen LogP contribution is -2.20. The maximum atomic E-state index is 3.76. The van der Waals surface area contributed by atoms with Gasteiger partial charge in [0, 0.05) is 0 Å². The number of hydrogen-bond acceptors (Lipinski definition) is 1. The lowest BCUT2D eigenvalue weighted by Gasteiger charge is -2.13. The molecule has 0 amide bonds. The molecule has 0 radical (unpaired) electrons. The van der Waals surface area contributed by atoms with Gasteiger partial charge < -0.3 is 4.90 Å². The molecule has 13 heavy (non-hydrogen) atoms. The van der Waals surface area contributed by atoms with Crippen LogP contribution in [0.1, 0.15) is 32.1 Å². The molecule has 0 bridgehead atoms. The first-order chi connectivity index (χ1) is 6.33. The average molecular weight is 179 g/mol. The highest BCUT2D eigenvalue weighted by atomic mass is 15.1. The second-order valence-electron chi connectivity index (χ2n) is 3.92. The molecule has 1 aliphatic rings. The quantitative estimate of drug-likeness (QED) is 0.598. The van der Waals surface area contributed by atoms with E-state index in [1.807, 2.05) is 6.08 Å². The van der Waals surface area contributed by atoms with Crippen LogP contribution in [0.5, 0.6) is 0 Å². The van der Waals surface area contributed by atoms with Gasteiger partial charge in [0.25, 0.3) is 0 Å². The largest absolute Gasteiger partial charge is 0.306 e. The van der Waals surface area contributed by atoms with Crippen LogP contribution in [0.4, 0.5) is 0 Å². The molecule has 0 atom stereocenters. The molecule has 1 saturated heterocycles. The summed E-state index contributed by atoms with van der Waals surface area (Å²) in [5.74, 6) is 0. The van der Waals surface area contributed by atoms with Gasteiger partial charge in [0.1, 0.15) is 0 Å². The number of hydrogen-bond donors (Lipinski definition) is 0. The van der Waals surface area contributed by atoms with Gasteiger partial charge >= 0.3 is 0 Å². The molecule has 1 fully saturated rings. The summed E-state index contributed by atoms with van der Waals surface area (Å²) in [7, 11) is 2.22. The summed E-state index contributed by atoms with van der Waals surface area (Å²) in [4.78, 5) is 2.44. The van der Waals surface area contributed by atoms with Crippen molar-refractivity contribution in [1.29, 1.82) is 0 Å². The first-order valence-electron chi connectivity index (χ1n) is 5.32. The van der Waals surface area contributed by atoms with Crippen molar-refractivity contribution in [3.05, 3.63) is 24.3 Å². The topological polar surface area (TPSA) is 3.24 Å². The summed E-state index contributed by atoms with van der Waals surface area (Å²) in [6, 6.07) is 0. The molecular formula is C12H21N. The molecule has 74 valence electrons. The van der Waals surface area contributed by atoms with Gasteiger partial charge in [0.05, 0.1) is 0 Å². The number of allylic oxidation sites excluding steroid dienone is 3. The normalized spacial score (nSPS) is 24.8. The van der Waals surface area contributed by atoms with E-state index in [1.165, 1.54) is 45.2 Å². The van der Waals surface area contributed by atoms with Gasteiger partial charge in [-0.2, -0.15) is 0 Å². The van der Waals surface area contributed by atoms with Crippen molar-refractivity contribution in [2.75, 3.05) is 20.1 Å². The fourth-order valence-electron chi connectivity index (χ4n) is 1.88. The standard InChI is InChI=1S/C12H21N/c1-3-7-12-8-4-5-10-13(2)11-6-9-12/h3,7H,1,4-6,8-11H2,2H3. The predicted molar refractivity (Wildman–Crippen MR) is 58.9 cm³/mol. The van der Waals surface area contributed by atoms with E-state index >= 15 is 0 Å². The van der Waals surface area contributed by atoms with E-state index in [0.29, 0.717) is 0 Å². The van der Waals surface area contributed by atoms with E-state index in [2.05, 4.69) is 24.6 Å². The molecule has 1 heterocycles. The van der Waals surface area contributed by atoms with E-state index in [1.54, 1.807) is 5.57 Å². The molecule has 1 heteroatoms. The Morgan fingerprint density at radius 1 is 1.15 bits per heavy atom. The van der Waals surface area contributed by atoms with Gasteiger partial charge in [0.2, 0.25) is 0 Å². The summed E-state index contributed by atoms with van der Waals surface area (Å²) >= 11 is 0. The third-order valence-electron chi connectivity index (χ3n) is 2.68. The second-order valence-corrected chi connectivity index (χ2v) is 3.92. The minimum absolute atomic E-state index is 1.24. The smallest absolute Gasteiger partial charge is 0.00187 e. The minimum Gasteiger partial charge on any atom is -0.306 e. The second kappa shape index (κ2) is 5.98. The Hall–Kier alpha value is -0.560. The molecule has 0 aromatic rings. The Morgan fingerprint density at radius 2 is 1.85 bits per heavy atom. The van der Waals surface area contributed by atoms with Gasteiger partial charge in [-0.3, -0.25) is 0 Å². The van der Waals surface area contributed by atoms with Crippen molar-refractivity contribution in [2.45, 2.75) is 32.1 Å². The summed E-state index contributed by atoms with van der Waals surface area (Å²) in [6.45, 7) is 6.27. The van der Waals surface area contributed by atoms with Crippen molar-refractivity contribution in [2.24, 2.45) is 0 Å². The fraction of sp³-hybridized carbons (Fsp3) is 0.667. The Labute approximate surface area is 82.1 Å². The molecule has 1 aliphatic heterocycles. The van der Waals surface area contributed by atoms with Gasteiger partial charge in [0.15, 0.2) is 0 Å². The molecule has 0 N–H and O–H groups in total. The first kappa shape index (κ1) is 10.5. The Bertz CT molecular complexity index is 182. The highest BCUT2D eigenvalue weighted by Crippen LogP contribution is 2.16. The van der Waals surface area contributed by atoms with Crippen molar-refractivity contribution in [3.8, 4) is 0 Å². The molecule has 1 nitrogen and oxygen atoms in total. The van der Waals surface area contributed by atoms with Gasteiger partial charge in [-0.1, -0.05) is 24.3 Å². The molecule has 0 unspecified atom stereocenters. The van der Waals surface area contributed by atoms with Crippen molar-refractivity contribution in [3.63, 3.8) is 0 Å². The van der Waals surface area contributed by atoms with E-state index in [-0.39, 0.29) is 0 Å². The van der Waals surface area contributed by atoms with Crippen LogP contribution in [0.15, 0.2) is 24.3 Å². The van der Waals surface area contributed by atoms with Crippen LogP contribution in [0.3, 0.4) is 0 Å². The highest BCUT2D eigenvalue weighted by molar-refractivity contribution is 5.10. The maximum Gasteiger partial charge on any atom is -0.00187 e.